The highest BCUT2D eigenvalue weighted by atomic mass is 32.1. The molecule has 0 atom stereocenters. The summed E-state index contributed by atoms with van der Waals surface area (Å²) in [6.07, 6.45) is 1.40. The molecular formula is C9H11N5O2S. The largest absolute Gasteiger partial charge is 0.476 e. The Morgan fingerprint density at radius 2 is 2.18 bits per heavy atom. The quantitative estimate of drug-likeness (QED) is 0.876. The molecule has 0 aliphatic carbocycles. The van der Waals surface area contributed by atoms with E-state index in [4.69, 9.17) is 5.11 Å². The van der Waals surface area contributed by atoms with E-state index >= 15 is 0 Å². The molecule has 0 saturated carbocycles. The van der Waals surface area contributed by atoms with Crippen molar-refractivity contribution in [2.45, 2.75) is 26.7 Å². The van der Waals surface area contributed by atoms with Gasteiger partial charge in [0.05, 0.1) is 5.69 Å². The van der Waals surface area contributed by atoms with E-state index in [1.165, 1.54) is 16.0 Å². The third kappa shape index (κ3) is 2.16. The molecule has 90 valence electrons. The topological polar surface area (TPSA) is 93.8 Å². The van der Waals surface area contributed by atoms with Crippen LogP contribution in [0.1, 0.15) is 34.5 Å². The van der Waals surface area contributed by atoms with Crippen LogP contribution >= 0.6 is 11.3 Å². The maximum Gasteiger partial charge on any atom is 0.358 e. The van der Waals surface area contributed by atoms with Gasteiger partial charge in [0, 0.05) is 0 Å². The SMILES string of the molecule is CCCc1c(C(=O)O)nnn1-c1nnc(C)s1. The van der Waals surface area contributed by atoms with Crippen LogP contribution in [-0.4, -0.2) is 36.3 Å². The Bertz CT molecular complexity index is 547. The van der Waals surface area contributed by atoms with Crippen molar-refractivity contribution in [3.63, 3.8) is 0 Å². The minimum atomic E-state index is -1.07. The van der Waals surface area contributed by atoms with Crippen LogP contribution in [0.15, 0.2) is 0 Å². The van der Waals surface area contributed by atoms with Gasteiger partial charge in [-0.2, -0.15) is 4.68 Å². The number of nitrogens with zero attached hydrogens (tertiary/aromatic N) is 5. The van der Waals surface area contributed by atoms with Crippen LogP contribution in [0.3, 0.4) is 0 Å². The van der Waals surface area contributed by atoms with E-state index in [1.807, 2.05) is 13.8 Å². The van der Waals surface area contributed by atoms with Crippen LogP contribution < -0.4 is 0 Å². The summed E-state index contributed by atoms with van der Waals surface area (Å²) in [6, 6.07) is 0. The van der Waals surface area contributed by atoms with Gasteiger partial charge in [-0.25, -0.2) is 4.79 Å². The molecule has 2 aromatic rings. The lowest BCUT2D eigenvalue weighted by Gasteiger charge is -2.00. The van der Waals surface area contributed by atoms with Crippen molar-refractivity contribution in [1.29, 1.82) is 0 Å². The van der Waals surface area contributed by atoms with Crippen molar-refractivity contribution in [3.8, 4) is 5.13 Å². The molecule has 0 bridgehead atoms. The molecule has 0 fully saturated rings. The zero-order chi connectivity index (χ0) is 12.4. The second kappa shape index (κ2) is 4.58. The summed E-state index contributed by atoms with van der Waals surface area (Å²) in [5.41, 5.74) is 0.552. The standard InChI is InChI=1S/C9H11N5O2S/c1-3-4-6-7(8(15)16)11-13-14(6)9-12-10-5(2)17-9/h3-4H2,1-2H3,(H,15,16). The summed E-state index contributed by atoms with van der Waals surface area (Å²) in [6.45, 7) is 3.80. The molecule has 0 aromatic carbocycles. The highest BCUT2D eigenvalue weighted by Crippen LogP contribution is 2.18. The van der Waals surface area contributed by atoms with Crippen LogP contribution in [0.5, 0.6) is 0 Å². The first-order chi connectivity index (χ1) is 8.13. The van der Waals surface area contributed by atoms with Gasteiger partial charge in [0.1, 0.15) is 5.01 Å². The highest BCUT2D eigenvalue weighted by molar-refractivity contribution is 7.13. The van der Waals surface area contributed by atoms with Crippen molar-refractivity contribution < 1.29 is 9.90 Å². The summed E-state index contributed by atoms with van der Waals surface area (Å²) in [5, 5.41) is 25.7. The molecule has 0 amide bonds. The number of aromatic nitrogens is 5. The van der Waals surface area contributed by atoms with E-state index in [9.17, 15) is 4.79 Å². The summed E-state index contributed by atoms with van der Waals surface area (Å²) < 4.78 is 1.46. The van der Waals surface area contributed by atoms with Gasteiger partial charge < -0.3 is 5.11 Å². The Morgan fingerprint density at radius 3 is 2.71 bits per heavy atom. The number of hydrogen-bond donors (Lipinski definition) is 1. The van der Waals surface area contributed by atoms with Gasteiger partial charge in [0.25, 0.3) is 0 Å². The summed E-state index contributed by atoms with van der Waals surface area (Å²) in [4.78, 5) is 11.0. The third-order valence-corrected chi connectivity index (χ3v) is 2.96. The summed E-state index contributed by atoms with van der Waals surface area (Å²) >= 11 is 1.35. The predicted molar refractivity (Wildman–Crippen MR) is 60.5 cm³/mol. The van der Waals surface area contributed by atoms with E-state index in [0.717, 1.165) is 11.4 Å². The smallest absolute Gasteiger partial charge is 0.358 e. The van der Waals surface area contributed by atoms with Crippen LogP contribution in [0, 0.1) is 6.92 Å². The molecular weight excluding hydrogens is 242 g/mol. The van der Waals surface area contributed by atoms with Crippen molar-refractivity contribution in [3.05, 3.63) is 16.4 Å². The molecule has 0 radical (unpaired) electrons. The average Bonchev–Trinajstić information content (AvgIpc) is 2.85. The molecule has 7 nitrogen and oxygen atoms in total. The van der Waals surface area contributed by atoms with Crippen molar-refractivity contribution in [1.82, 2.24) is 25.2 Å². The van der Waals surface area contributed by atoms with Crippen LogP contribution in [-0.2, 0) is 6.42 Å². The predicted octanol–water partition coefficient (Wildman–Crippen LogP) is 1.08. The van der Waals surface area contributed by atoms with Crippen molar-refractivity contribution in [2.24, 2.45) is 0 Å². The van der Waals surface area contributed by atoms with Gasteiger partial charge in [-0.1, -0.05) is 29.9 Å². The number of carboxylic acid groups (broad SMARTS) is 1. The Kier molecular flexibility index (Phi) is 3.14. The Hall–Kier alpha value is -1.83. The first-order valence-electron chi connectivity index (χ1n) is 5.11. The van der Waals surface area contributed by atoms with Crippen LogP contribution in [0.2, 0.25) is 0 Å². The van der Waals surface area contributed by atoms with E-state index in [2.05, 4.69) is 20.5 Å². The lowest BCUT2D eigenvalue weighted by Crippen LogP contribution is -2.06. The van der Waals surface area contributed by atoms with E-state index in [0.29, 0.717) is 17.2 Å². The first-order valence-corrected chi connectivity index (χ1v) is 5.93. The monoisotopic (exact) mass is 253 g/mol. The number of rotatable bonds is 4. The van der Waals surface area contributed by atoms with Crippen molar-refractivity contribution >= 4 is 17.3 Å². The van der Waals surface area contributed by atoms with Gasteiger partial charge >= 0.3 is 5.97 Å². The molecule has 1 N–H and O–H groups in total. The number of hydrogen-bond acceptors (Lipinski definition) is 6. The zero-order valence-corrected chi connectivity index (χ0v) is 10.2. The maximum atomic E-state index is 11.0. The fourth-order valence-corrected chi connectivity index (χ4v) is 2.11. The molecule has 0 aliphatic heterocycles. The Balaban J connectivity index is 2.50. The van der Waals surface area contributed by atoms with E-state index < -0.39 is 5.97 Å². The molecule has 0 saturated heterocycles. The van der Waals surface area contributed by atoms with Gasteiger partial charge in [0.15, 0.2) is 5.69 Å². The fourth-order valence-electron chi connectivity index (χ4n) is 1.45. The normalized spacial score (nSPS) is 10.7. The lowest BCUT2D eigenvalue weighted by molar-refractivity contribution is 0.0689. The number of carbonyl (C=O) groups is 1. The number of aromatic carboxylic acids is 1. The molecule has 0 unspecified atom stereocenters. The summed E-state index contributed by atoms with van der Waals surface area (Å²) in [5.74, 6) is -1.07. The zero-order valence-electron chi connectivity index (χ0n) is 9.41. The fraction of sp³-hybridized carbons (Fsp3) is 0.444. The average molecular weight is 253 g/mol. The highest BCUT2D eigenvalue weighted by Gasteiger charge is 2.20. The number of carboxylic acids is 1. The van der Waals surface area contributed by atoms with Gasteiger partial charge in [0.2, 0.25) is 5.13 Å². The molecule has 0 aliphatic rings. The summed E-state index contributed by atoms with van der Waals surface area (Å²) in [7, 11) is 0. The molecule has 2 heterocycles. The minimum absolute atomic E-state index is 0.0142. The third-order valence-electron chi connectivity index (χ3n) is 2.15. The Morgan fingerprint density at radius 1 is 1.41 bits per heavy atom. The maximum absolute atomic E-state index is 11.0. The van der Waals surface area contributed by atoms with Crippen LogP contribution in [0.4, 0.5) is 0 Å². The Labute approximate surface area is 101 Å². The van der Waals surface area contributed by atoms with Gasteiger partial charge in [-0.15, -0.1) is 15.3 Å². The molecule has 2 aromatic heterocycles. The van der Waals surface area contributed by atoms with Crippen molar-refractivity contribution in [2.75, 3.05) is 0 Å². The van der Waals surface area contributed by atoms with E-state index in [-0.39, 0.29) is 5.69 Å². The van der Waals surface area contributed by atoms with Crippen LogP contribution in [0.25, 0.3) is 5.13 Å². The van der Waals surface area contributed by atoms with Gasteiger partial charge in [-0.05, 0) is 13.3 Å². The molecule has 17 heavy (non-hydrogen) atoms. The molecule has 2 rings (SSSR count). The van der Waals surface area contributed by atoms with E-state index in [1.54, 1.807) is 0 Å². The molecule has 8 heteroatoms. The number of aryl methyl sites for hydroxylation is 1. The molecule has 0 spiro atoms. The lowest BCUT2D eigenvalue weighted by atomic mass is 10.2. The van der Waals surface area contributed by atoms with Gasteiger partial charge in [-0.3, -0.25) is 0 Å². The first kappa shape index (κ1) is 11.6. The second-order valence-electron chi connectivity index (χ2n) is 3.46. The minimum Gasteiger partial charge on any atom is -0.476 e. The second-order valence-corrected chi connectivity index (χ2v) is 4.62.